The van der Waals surface area contributed by atoms with Crippen molar-refractivity contribution in [3.63, 3.8) is 0 Å². The molecule has 2 rings (SSSR count). The first kappa shape index (κ1) is 47.0. The number of amides is 1. The van der Waals surface area contributed by atoms with E-state index in [1.807, 2.05) is 16.1 Å². The third-order valence-corrected chi connectivity index (χ3v) is 9.75. The minimum atomic E-state index is -1.13. The number of methoxy groups -OCH3 is 1. The number of rotatable bonds is 20. The molecule has 0 radical (unpaired) electrons. The van der Waals surface area contributed by atoms with Crippen molar-refractivity contribution >= 4 is 41.2 Å². The predicted octanol–water partition coefficient (Wildman–Crippen LogP) is 2.02. The van der Waals surface area contributed by atoms with Gasteiger partial charge in [-0.1, -0.05) is 45.5 Å². The summed E-state index contributed by atoms with van der Waals surface area (Å²) in [7, 11) is 1.62. The first-order valence-corrected chi connectivity index (χ1v) is 17.5. The topological polar surface area (TPSA) is 147 Å². The molecule has 0 unspecified atom stereocenters. The van der Waals surface area contributed by atoms with Crippen molar-refractivity contribution in [3.8, 4) is 0 Å². The van der Waals surface area contributed by atoms with Crippen LogP contribution in [0.15, 0.2) is 23.8 Å². The van der Waals surface area contributed by atoms with Crippen LogP contribution in [-0.4, -0.2) is 101 Å². The van der Waals surface area contributed by atoms with Gasteiger partial charge in [-0.2, -0.15) is 0 Å². The minimum Gasteiger partial charge on any atom is -0.653 e. The molecule has 2 saturated heterocycles. The van der Waals surface area contributed by atoms with Gasteiger partial charge in [0.05, 0.1) is 42.5 Å². The Morgan fingerprint density at radius 3 is 2.40 bits per heavy atom. The molecule has 0 aromatic rings. The maximum Gasteiger partial charge on any atom is 1.00 e. The summed E-state index contributed by atoms with van der Waals surface area (Å²) < 4.78 is 24.3. The molecule has 272 valence electrons. The Morgan fingerprint density at radius 2 is 1.88 bits per heavy atom. The minimum absolute atomic E-state index is 0. The summed E-state index contributed by atoms with van der Waals surface area (Å²) in [4.78, 5) is 34.2. The van der Waals surface area contributed by atoms with Crippen LogP contribution >= 0.6 is 22.9 Å². The van der Waals surface area contributed by atoms with Gasteiger partial charge in [-0.05, 0) is 70.3 Å². The standard InChI is InChI=1S/C31H50NO9.C4H8IN.Li/c1-19(17-31(6)29(41-31)22(4)28(38-7)23(5)34)10-8-11-20(2)27-21(3)13-14-24(40-27)16-26(35)32-25(30(36)37)12-9-15-39-18-33;1-3-6(5)4-2;/h8,10-11,19,21-25,27-29,34H,9,12-17H2,1-7H3,(H,32,35)(H,36,37);1-4H2;/q-1;-2;+1/b10-8+,20-11+;;/t19-,21+,22-,23-,24-,25-,27-,28-,29-,31-;;/m1../s1. The number of hydrogen-bond donors (Lipinski definition) is 3. The Kier molecular flexibility index (Phi) is 23.8. The van der Waals surface area contributed by atoms with Gasteiger partial charge in [0.1, 0.15) is 6.04 Å². The molecule has 0 bridgehead atoms. The van der Waals surface area contributed by atoms with Gasteiger partial charge in [-0.15, -0.1) is 13.1 Å². The van der Waals surface area contributed by atoms with Crippen molar-refractivity contribution in [1.29, 1.82) is 0 Å². The summed E-state index contributed by atoms with van der Waals surface area (Å²) in [5, 5.41) is 22.0. The van der Waals surface area contributed by atoms with Crippen LogP contribution in [0.1, 0.15) is 80.1 Å². The molecule has 2 aliphatic rings. The zero-order valence-electron chi connectivity index (χ0n) is 30.3. The summed E-state index contributed by atoms with van der Waals surface area (Å²) >= 11 is 2.18. The van der Waals surface area contributed by atoms with Gasteiger partial charge in [0.25, 0.3) is 0 Å². The number of aliphatic carboxylic acids is 1. The molecule has 2 fully saturated rings. The largest absolute Gasteiger partial charge is 1.00 e. The first-order chi connectivity index (χ1) is 22.1. The van der Waals surface area contributed by atoms with E-state index in [2.05, 4.69) is 86.6 Å². The SMILES string of the molecule is CO[C@H]([C@@H](C)[C@H]1O[C@]1(C)C[C@H](C)/C=C/C=C(\C)[C@H]1O[C@@H](CC(=O)N[C@H](CCCO[C-]=O)C(=O)O)CC[C@@H]1C)[C@@H](C)O.[CH2-]CN(I)C[CH2-].[Li+]. The number of nitrogens with zero attached hydrogens (tertiary/aromatic N) is 1. The number of aliphatic hydroxyl groups is 1. The van der Waals surface area contributed by atoms with E-state index in [1.54, 1.807) is 14.0 Å². The van der Waals surface area contributed by atoms with Gasteiger partial charge >= 0.3 is 24.8 Å². The number of epoxide rings is 1. The van der Waals surface area contributed by atoms with Crippen molar-refractivity contribution < 1.29 is 62.4 Å². The Labute approximate surface area is 315 Å². The Hall–Kier alpha value is -0.983. The fourth-order valence-corrected chi connectivity index (χ4v) is 6.25. The maximum atomic E-state index is 12.6. The zero-order chi connectivity index (χ0) is 35.7. The van der Waals surface area contributed by atoms with Gasteiger partial charge in [0.2, 0.25) is 5.91 Å². The summed E-state index contributed by atoms with van der Waals surface area (Å²) in [5.41, 5.74) is 0.825. The van der Waals surface area contributed by atoms with E-state index in [-0.39, 0.29) is 86.1 Å². The number of hydrogen-bond acceptors (Lipinski definition) is 9. The van der Waals surface area contributed by atoms with Crippen molar-refractivity contribution in [2.75, 3.05) is 26.8 Å². The van der Waals surface area contributed by atoms with Crippen molar-refractivity contribution in [2.24, 2.45) is 17.8 Å². The number of halogens is 1. The smallest absolute Gasteiger partial charge is 0.653 e. The quantitative estimate of drug-likeness (QED) is 0.0319. The van der Waals surface area contributed by atoms with Crippen LogP contribution in [0.5, 0.6) is 0 Å². The van der Waals surface area contributed by atoms with Gasteiger partial charge in [0.15, 0.2) is 0 Å². The molecule has 0 aromatic heterocycles. The van der Waals surface area contributed by atoms with Crippen LogP contribution in [-0.2, 0) is 33.3 Å². The second kappa shape index (κ2) is 24.2. The van der Waals surface area contributed by atoms with E-state index in [0.717, 1.165) is 37.9 Å². The Bertz CT molecular complexity index is 1010. The van der Waals surface area contributed by atoms with Crippen LogP contribution in [0.4, 0.5) is 0 Å². The van der Waals surface area contributed by atoms with Gasteiger partial charge in [0, 0.05) is 42.5 Å². The van der Waals surface area contributed by atoms with Gasteiger partial charge < -0.3 is 56.2 Å². The fraction of sp³-hybridized carbons (Fsp3) is 0.743. The molecule has 0 saturated carbocycles. The molecular formula is C35H58ILiN2O9-2. The number of carbonyl (C=O) groups excluding carboxylic acids is 2. The number of ether oxygens (including phenoxy) is 4. The molecule has 11 nitrogen and oxygen atoms in total. The van der Waals surface area contributed by atoms with Crippen LogP contribution < -0.4 is 24.2 Å². The molecule has 13 heteroatoms. The molecule has 0 spiro atoms. The number of carbonyl (C=O) groups is 2. The number of carboxylic acids is 1. The molecular weight excluding hydrogens is 726 g/mol. The molecule has 2 aliphatic heterocycles. The van der Waals surface area contributed by atoms with E-state index in [9.17, 15) is 24.6 Å². The molecule has 0 aromatic carbocycles. The summed E-state index contributed by atoms with van der Waals surface area (Å²) in [6, 6.07) is -1.05. The van der Waals surface area contributed by atoms with Crippen molar-refractivity contribution in [2.45, 2.75) is 122 Å². The normalized spacial score (nSPS) is 27.0. The van der Waals surface area contributed by atoms with Crippen LogP contribution in [0.25, 0.3) is 0 Å². The van der Waals surface area contributed by atoms with Crippen molar-refractivity contribution in [1.82, 2.24) is 8.43 Å². The van der Waals surface area contributed by atoms with Crippen LogP contribution in [0.2, 0.25) is 0 Å². The van der Waals surface area contributed by atoms with Gasteiger partial charge in [-0.25, -0.2) is 4.79 Å². The average Bonchev–Trinajstić information content (AvgIpc) is 3.69. The average molecular weight is 785 g/mol. The fourth-order valence-electron chi connectivity index (χ4n) is 6.25. The van der Waals surface area contributed by atoms with E-state index in [4.69, 9.17) is 14.2 Å². The molecule has 10 atom stereocenters. The van der Waals surface area contributed by atoms with Crippen molar-refractivity contribution in [3.05, 3.63) is 37.6 Å². The monoisotopic (exact) mass is 784 g/mol. The molecule has 1 amide bonds. The maximum absolute atomic E-state index is 12.6. The molecule has 2 heterocycles. The summed E-state index contributed by atoms with van der Waals surface area (Å²) in [6.07, 6.45) is 8.09. The Balaban J connectivity index is 0.00000288. The third kappa shape index (κ3) is 16.8. The number of nitrogens with one attached hydrogen (secondary N) is 1. The number of allylic oxidation sites excluding steroid dienone is 3. The van der Waals surface area contributed by atoms with Gasteiger partial charge in [-0.3, -0.25) is 4.79 Å². The molecule has 3 N–H and O–H groups in total. The second-order valence-corrected chi connectivity index (χ2v) is 14.4. The van der Waals surface area contributed by atoms with E-state index in [0.29, 0.717) is 12.3 Å². The molecule has 48 heavy (non-hydrogen) atoms. The van der Waals surface area contributed by atoms with E-state index >= 15 is 0 Å². The Morgan fingerprint density at radius 1 is 1.23 bits per heavy atom. The summed E-state index contributed by atoms with van der Waals surface area (Å²) in [5.74, 6) is -0.847. The second-order valence-electron chi connectivity index (χ2n) is 13.0. The molecule has 0 aliphatic carbocycles. The first-order valence-electron chi connectivity index (χ1n) is 16.5. The van der Waals surface area contributed by atoms with E-state index in [1.165, 1.54) is 6.47 Å². The number of aliphatic hydroxyl groups excluding tert-OH is 1. The zero-order valence-corrected chi connectivity index (χ0v) is 32.4. The van der Waals surface area contributed by atoms with Crippen LogP contribution in [0, 0.1) is 31.6 Å². The third-order valence-electron chi connectivity index (χ3n) is 8.79. The predicted molar refractivity (Wildman–Crippen MR) is 190 cm³/mol. The number of carboxylic acid groups (broad SMARTS) is 1. The van der Waals surface area contributed by atoms with Crippen LogP contribution in [0.3, 0.4) is 0 Å². The van der Waals surface area contributed by atoms with E-state index < -0.39 is 18.1 Å². The summed E-state index contributed by atoms with van der Waals surface area (Å²) in [6.45, 7) is 22.5.